The van der Waals surface area contributed by atoms with Crippen LogP contribution in [0.2, 0.25) is 0 Å². The van der Waals surface area contributed by atoms with Crippen LogP contribution in [0.3, 0.4) is 0 Å². The van der Waals surface area contributed by atoms with E-state index >= 15 is 0 Å². The first kappa shape index (κ1) is 17.5. The Morgan fingerprint density at radius 3 is 2.88 bits per heavy atom. The minimum Gasteiger partial charge on any atom is -0.316 e. The number of likely N-dealkylation sites (tertiary alicyclic amines) is 1. The van der Waals surface area contributed by atoms with Crippen LogP contribution in [-0.2, 0) is 6.54 Å². The largest absolute Gasteiger partial charge is 0.316 e. The summed E-state index contributed by atoms with van der Waals surface area (Å²) < 4.78 is 0. The summed E-state index contributed by atoms with van der Waals surface area (Å²) in [5.41, 5.74) is 2.12. The maximum Gasteiger partial charge on any atom is 0.188 e. The summed E-state index contributed by atoms with van der Waals surface area (Å²) in [4.78, 5) is 21.0. The molecule has 136 valence electrons. The number of hydrogen-bond acceptors (Lipinski definition) is 8. The lowest BCUT2D eigenvalue weighted by molar-refractivity contribution is 0.132. The van der Waals surface area contributed by atoms with Gasteiger partial charge in [0.1, 0.15) is 11.6 Å². The smallest absolute Gasteiger partial charge is 0.188 e. The van der Waals surface area contributed by atoms with Crippen LogP contribution in [0.1, 0.15) is 47.5 Å². The Kier molecular flexibility index (Phi) is 5.23. The first-order chi connectivity index (χ1) is 12.7. The predicted molar refractivity (Wildman–Crippen MR) is 106 cm³/mol. The van der Waals surface area contributed by atoms with E-state index in [1.165, 1.54) is 12.8 Å². The van der Waals surface area contributed by atoms with Crippen LogP contribution in [0.5, 0.6) is 0 Å². The summed E-state index contributed by atoms with van der Waals surface area (Å²) in [6.07, 6.45) is 5.31. The lowest BCUT2D eigenvalue weighted by atomic mass is 10.0. The van der Waals surface area contributed by atoms with E-state index in [4.69, 9.17) is 9.97 Å². The van der Waals surface area contributed by atoms with E-state index in [9.17, 15) is 0 Å². The monoisotopic (exact) mass is 386 g/mol. The van der Waals surface area contributed by atoms with Gasteiger partial charge in [0.25, 0.3) is 0 Å². The van der Waals surface area contributed by atoms with Crippen molar-refractivity contribution in [2.45, 2.75) is 45.7 Å². The number of hydrogen-bond donors (Lipinski definition) is 1. The molecule has 0 aliphatic carbocycles. The van der Waals surface area contributed by atoms with E-state index in [2.05, 4.69) is 32.5 Å². The van der Waals surface area contributed by atoms with Gasteiger partial charge in [0.05, 0.1) is 16.7 Å². The second-order valence-corrected chi connectivity index (χ2v) is 8.51. The molecule has 3 aromatic rings. The molecule has 3 aromatic heterocycles. The van der Waals surface area contributed by atoms with Gasteiger partial charge >= 0.3 is 0 Å². The van der Waals surface area contributed by atoms with E-state index in [1.54, 1.807) is 28.9 Å². The van der Waals surface area contributed by atoms with Crippen molar-refractivity contribution in [3.05, 3.63) is 45.2 Å². The summed E-state index contributed by atoms with van der Waals surface area (Å²) in [6, 6.07) is 2.21. The molecule has 1 saturated heterocycles. The molecule has 4 heterocycles. The van der Waals surface area contributed by atoms with Crippen LogP contribution in [-0.4, -0.2) is 31.4 Å². The van der Waals surface area contributed by atoms with Crippen molar-refractivity contribution in [1.29, 1.82) is 0 Å². The minimum atomic E-state index is 0.238. The van der Waals surface area contributed by atoms with Crippen LogP contribution in [0, 0.1) is 13.8 Å². The number of nitrogens with zero attached hydrogens (tertiary/aromatic N) is 5. The zero-order valence-corrected chi connectivity index (χ0v) is 16.6. The van der Waals surface area contributed by atoms with Gasteiger partial charge in [-0.3, -0.25) is 4.90 Å². The minimum absolute atomic E-state index is 0.238. The zero-order chi connectivity index (χ0) is 17.9. The number of piperidine rings is 1. The lowest BCUT2D eigenvalue weighted by Gasteiger charge is -2.34. The van der Waals surface area contributed by atoms with Crippen LogP contribution >= 0.6 is 22.7 Å². The Bertz CT molecular complexity index is 860. The van der Waals surface area contributed by atoms with Gasteiger partial charge < -0.3 is 5.32 Å². The van der Waals surface area contributed by atoms with Crippen LogP contribution in [0.15, 0.2) is 23.0 Å². The molecule has 1 aliphatic rings. The molecule has 1 aliphatic heterocycles. The first-order valence-corrected chi connectivity index (χ1v) is 10.6. The second-order valence-electron chi connectivity index (χ2n) is 6.55. The third-order valence-electron chi connectivity index (χ3n) is 4.48. The molecule has 0 bridgehead atoms. The molecule has 1 unspecified atom stereocenters. The highest BCUT2D eigenvalue weighted by atomic mass is 32.1. The molecule has 1 N–H and O–H groups in total. The zero-order valence-electron chi connectivity index (χ0n) is 15.0. The SMILES string of the molecule is Cc1cc(Nc2nccs2)nc(C2CCCCN2Cc2csc(C)n2)n1. The fourth-order valence-electron chi connectivity index (χ4n) is 3.36. The number of aryl methyl sites for hydroxylation is 2. The van der Waals surface area contributed by atoms with E-state index in [1.807, 2.05) is 18.4 Å². The molecule has 8 heteroatoms. The van der Waals surface area contributed by atoms with Crippen molar-refractivity contribution in [3.63, 3.8) is 0 Å². The molecular weight excluding hydrogens is 364 g/mol. The van der Waals surface area contributed by atoms with E-state index in [-0.39, 0.29) is 6.04 Å². The summed E-state index contributed by atoms with van der Waals surface area (Å²) >= 11 is 3.28. The Morgan fingerprint density at radius 2 is 2.12 bits per heavy atom. The van der Waals surface area contributed by atoms with Crippen molar-refractivity contribution < 1.29 is 0 Å². The summed E-state index contributed by atoms with van der Waals surface area (Å²) in [7, 11) is 0. The molecule has 26 heavy (non-hydrogen) atoms. The summed E-state index contributed by atoms with van der Waals surface area (Å²) in [6.45, 7) is 6.01. The molecule has 1 fully saturated rings. The van der Waals surface area contributed by atoms with Crippen molar-refractivity contribution >= 4 is 33.6 Å². The highest BCUT2D eigenvalue weighted by molar-refractivity contribution is 7.13. The van der Waals surface area contributed by atoms with Gasteiger partial charge in [-0.2, -0.15) is 0 Å². The number of rotatable bonds is 5. The topological polar surface area (TPSA) is 66.8 Å². The number of anilines is 2. The average molecular weight is 387 g/mol. The maximum absolute atomic E-state index is 4.81. The molecule has 1 atom stereocenters. The molecular formula is C18H22N6S2. The second kappa shape index (κ2) is 7.77. The van der Waals surface area contributed by atoms with E-state index in [0.717, 1.165) is 52.7 Å². The Hall–Kier alpha value is -1.90. The Morgan fingerprint density at radius 1 is 1.19 bits per heavy atom. The van der Waals surface area contributed by atoms with Gasteiger partial charge in [0.15, 0.2) is 5.13 Å². The molecule has 6 nitrogen and oxygen atoms in total. The van der Waals surface area contributed by atoms with Crippen LogP contribution in [0.4, 0.5) is 10.9 Å². The van der Waals surface area contributed by atoms with Crippen molar-refractivity contribution in [2.75, 3.05) is 11.9 Å². The Balaban J connectivity index is 1.58. The fourth-order valence-corrected chi connectivity index (χ4v) is 4.50. The van der Waals surface area contributed by atoms with Gasteiger partial charge in [-0.15, -0.1) is 22.7 Å². The Labute approximate surface area is 161 Å². The quantitative estimate of drug-likeness (QED) is 0.697. The molecule has 0 saturated carbocycles. The third kappa shape index (κ3) is 4.08. The highest BCUT2D eigenvalue weighted by Crippen LogP contribution is 2.31. The van der Waals surface area contributed by atoms with Gasteiger partial charge in [-0.05, 0) is 33.2 Å². The standard InChI is InChI=1S/C18H22N6S2/c1-12-9-16(23-18-19-6-8-25-18)22-17(20-12)15-5-3-4-7-24(15)10-14-11-26-13(2)21-14/h6,8-9,11,15H,3-5,7,10H2,1-2H3,(H,19,20,22,23). The van der Waals surface area contributed by atoms with Gasteiger partial charge in [0, 0.05) is 35.3 Å². The maximum atomic E-state index is 4.81. The average Bonchev–Trinajstić information content (AvgIpc) is 3.27. The van der Waals surface area contributed by atoms with Gasteiger partial charge in [0.2, 0.25) is 0 Å². The van der Waals surface area contributed by atoms with Crippen LogP contribution < -0.4 is 5.32 Å². The molecule has 0 amide bonds. The molecule has 0 radical (unpaired) electrons. The molecule has 0 spiro atoms. The summed E-state index contributed by atoms with van der Waals surface area (Å²) in [5, 5.41) is 9.39. The molecule has 0 aromatic carbocycles. The summed E-state index contributed by atoms with van der Waals surface area (Å²) in [5.74, 6) is 1.72. The van der Waals surface area contributed by atoms with E-state index in [0.29, 0.717) is 0 Å². The van der Waals surface area contributed by atoms with Crippen molar-refractivity contribution in [1.82, 2.24) is 24.8 Å². The van der Waals surface area contributed by atoms with Crippen molar-refractivity contribution in [2.24, 2.45) is 0 Å². The number of thiazole rings is 2. The van der Waals surface area contributed by atoms with Crippen LogP contribution in [0.25, 0.3) is 0 Å². The number of aromatic nitrogens is 4. The van der Waals surface area contributed by atoms with Gasteiger partial charge in [-0.1, -0.05) is 6.42 Å². The highest BCUT2D eigenvalue weighted by Gasteiger charge is 2.27. The number of nitrogens with one attached hydrogen (secondary N) is 1. The van der Waals surface area contributed by atoms with E-state index < -0.39 is 0 Å². The lowest BCUT2D eigenvalue weighted by Crippen LogP contribution is -2.34. The molecule has 4 rings (SSSR count). The third-order valence-corrected chi connectivity index (χ3v) is 5.99. The van der Waals surface area contributed by atoms with Gasteiger partial charge in [-0.25, -0.2) is 19.9 Å². The first-order valence-electron chi connectivity index (χ1n) is 8.84. The normalized spacial score (nSPS) is 18.2. The predicted octanol–water partition coefficient (Wildman–Crippen LogP) is 4.48. The fraction of sp³-hybridized carbons (Fsp3) is 0.444. The van der Waals surface area contributed by atoms with Crippen molar-refractivity contribution in [3.8, 4) is 0 Å².